The summed E-state index contributed by atoms with van der Waals surface area (Å²) >= 11 is 1.88. The number of para-hydroxylation sites is 2. The van der Waals surface area contributed by atoms with Crippen LogP contribution in [0.2, 0.25) is 0 Å². The van der Waals surface area contributed by atoms with Gasteiger partial charge in [0.2, 0.25) is 0 Å². The van der Waals surface area contributed by atoms with Crippen molar-refractivity contribution in [1.82, 2.24) is 4.57 Å². The Balaban J connectivity index is 0.943. The number of anilines is 3. The van der Waals surface area contributed by atoms with E-state index in [0.29, 0.717) is 11.8 Å². The van der Waals surface area contributed by atoms with Crippen LogP contribution in [0.1, 0.15) is 43.2 Å². The Morgan fingerprint density at radius 1 is 0.418 bits per heavy atom. The number of aromatic nitrogens is 1. The molecule has 2 nitrogen and oxygen atoms in total. The summed E-state index contributed by atoms with van der Waals surface area (Å²) in [5.41, 5.74) is 18.2. The highest BCUT2D eigenvalue weighted by atomic mass is 32.1. The Morgan fingerprint density at radius 3 is 1.79 bits per heavy atom. The lowest BCUT2D eigenvalue weighted by Crippen LogP contribution is -2.57. The Labute approximate surface area is 395 Å². The lowest BCUT2D eigenvalue weighted by atomic mass is 9.41. The van der Waals surface area contributed by atoms with E-state index < -0.39 is 0 Å². The molecule has 4 fully saturated rings. The van der Waals surface area contributed by atoms with Gasteiger partial charge in [0.05, 0.1) is 22.4 Å². The number of nitrogens with zero attached hydrogens (tertiary/aromatic N) is 2. The van der Waals surface area contributed by atoms with Gasteiger partial charge in [0, 0.05) is 47.7 Å². The Hall–Kier alpha value is -7.20. The molecule has 1 spiro atoms. The molecule has 0 unspecified atom stereocenters. The summed E-state index contributed by atoms with van der Waals surface area (Å²) < 4.78 is 5.31. The Kier molecular flexibility index (Phi) is 8.16. The molecule has 5 aliphatic rings. The van der Waals surface area contributed by atoms with Crippen LogP contribution in [-0.4, -0.2) is 4.57 Å². The van der Waals surface area contributed by atoms with Gasteiger partial charge in [-0.3, -0.25) is 0 Å². The highest BCUT2D eigenvalue weighted by Crippen LogP contribution is 2.68. The fraction of sp³-hybridized carbons (Fsp3) is 0.156. The second kappa shape index (κ2) is 14.4. The molecule has 16 rings (SSSR count). The molecule has 4 saturated carbocycles. The van der Waals surface area contributed by atoms with Gasteiger partial charge in [0.15, 0.2) is 0 Å². The summed E-state index contributed by atoms with van der Waals surface area (Å²) in [7, 11) is 0. The maximum Gasteiger partial charge on any atom is 0.0603 e. The molecule has 0 amide bonds. The molecular formula is C64H48N2S. The van der Waals surface area contributed by atoms with Crippen LogP contribution in [-0.2, 0) is 5.41 Å². The van der Waals surface area contributed by atoms with E-state index in [-0.39, 0.29) is 5.41 Å². The van der Waals surface area contributed by atoms with Gasteiger partial charge in [-0.25, -0.2) is 0 Å². The molecule has 320 valence electrons. The van der Waals surface area contributed by atoms with Gasteiger partial charge in [-0.15, -0.1) is 11.3 Å². The summed E-state index contributed by atoms with van der Waals surface area (Å²) in [6, 6.07) is 77.9. The summed E-state index contributed by atoms with van der Waals surface area (Å²) in [4.78, 5) is 2.54. The summed E-state index contributed by atoms with van der Waals surface area (Å²) in [6.45, 7) is 0. The van der Waals surface area contributed by atoms with Crippen molar-refractivity contribution in [2.24, 2.45) is 23.7 Å². The molecule has 1 aliphatic heterocycles. The lowest BCUT2D eigenvalue weighted by Gasteiger charge is -2.63. The van der Waals surface area contributed by atoms with Crippen molar-refractivity contribution in [3.05, 3.63) is 217 Å². The molecule has 4 bridgehead atoms. The zero-order valence-corrected chi connectivity index (χ0v) is 38.1. The lowest BCUT2D eigenvalue weighted by molar-refractivity contribution is -0.0418. The topological polar surface area (TPSA) is 8.17 Å². The van der Waals surface area contributed by atoms with Crippen LogP contribution >= 0.6 is 11.3 Å². The second-order valence-corrected chi connectivity index (χ2v) is 21.1. The van der Waals surface area contributed by atoms with Gasteiger partial charge in [0.25, 0.3) is 0 Å². The van der Waals surface area contributed by atoms with Gasteiger partial charge in [-0.1, -0.05) is 152 Å². The van der Waals surface area contributed by atoms with E-state index in [0.717, 1.165) is 23.2 Å². The number of benzene rings is 9. The number of fused-ring (bicyclic) bond motifs is 8. The van der Waals surface area contributed by atoms with E-state index in [1.165, 1.54) is 119 Å². The fourth-order valence-electron chi connectivity index (χ4n) is 14.4. The largest absolute Gasteiger partial charge is 0.310 e. The number of rotatable bonds is 6. The maximum atomic E-state index is 2.66. The third-order valence-corrected chi connectivity index (χ3v) is 17.9. The van der Waals surface area contributed by atoms with Crippen molar-refractivity contribution in [2.75, 3.05) is 4.90 Å². The fourth-order valence-corrected chi connectivity index (χ4v) is 15.6. The minimum absolute atomic E-state index is 0.0298. The first-order valence-electron chi connectivity index (χ1n) is 24.4. The van der Waals surface area contributed by atoms with E-state index in [1.54, 1.807) is 11.1 Å². The quantitative estimate of drug-likeness (QED) is 0.162. The van der Waals surface area contributed by atoms with Crippen molar-refractivity contribution in [3.8, 4) is 39.1 Å². The molecule has 0 saturated heterocycles. The zero-order valence-electron chi connectivity index (χ0n) is 37.3. The van der Waals surface area contributed by atoms with Crippen LogP contribution in [0, 0.1) is 23.7 Å². The summed E-state index contributed by atoms with van der Waals surface area (Å²) in [5.74, 6) is 3.12. The van der Waals surface area contributed by atoms with Crippen LogP contribution < -0.4 is 4.90 Å². The predicted octanol–water partition coefficient (Wildman–Crippen LogP) is 17.7. The third kappa shape index (κ3) is 5.38. The van der Waals surface area contributed by atoms with E-state index in [4.69, 9.17) is 0 Å². The SMILES string of the molecule is c1ccc(-c2ccc(N(c3ccc(-c4ccccc4-c4cccc5sc6ccccc6c45)cc3)c3ccc4c5c3c3ccccc3n5-c3ccccc3C43C4CC5CC(C4)CC3C5)cc2)cc1. The number of hydrogen-bond acceptors (Lipinski definition) is 2. The normalized spacial score (nSPS) is 21.2. The van der Waals surface area contributed by atoms with E-state index in [2.05, 4.69) is 216 Å². The molecular weight excluding hydrogens is 829 g/mol. The molecule has 11 aromatic rings. The third-order valence-electron chi connectivity index (χ3n) is 16.8. The van der Waals surface area contributed by atoms with Gasteiger partial charge in [0.1, 0.15) is 0 Å². The van der Waals surface area contributed by atoms with Crippen LogP contribution in [0.5, 0.6) is 0 Å². The molecule has 3 heterocycles. The van der Waals surface area contributed by atoms with E-state index in [9.17, 15) is 0 Å². The number of thiophene rings is 1. The average molecular weight is 877 g/mol. The Morgan fingerprint density at radius 2 is 1.01 bits per heavy atom. The van der Waals surface area contributed by atoms with Crippen molar-refractivity contribution in [2.45, 2.75) is 37.5 Å². The van der Waals surface area contributed by atoms with Gasteiger partial charge >= 0.3 is 0 Å². The van der Waals surface area contributed by atoms with Gasteiger partial charge < -0.3 is 9.47 Å². The summed E-state index contributed by atoms with van der Waals surface area (Å²) in [5, 5.41) is 5.34. The molecule has 2 aromatic heterocycles. The first-order chi connectivity index (χ1) is 33.2. The smallest absolute Gasteiger partial charge is 0.0603 e. The number of hydrogen-bond donors (Lipinski definition) is 0. The monoisotopic (exact) mass is 876 g/mol. The van der Waals surface area contributed by atoms with Crippen molar-refractivity contribution >= 4 is 70.4 Å². The molecule has 4 aliphatic carbocycles. The van der Waals surface area contributed by atoms with Gasteiger partial charge in [-0.05, 0) is 155 Å². The molecule has 0 radical (unpaired) electrons. The first kappa shape index (κ1) is 38.0. The van der Waals surface area contributed by atoms with Gasteiger partial charge in [-0.2, -0.15) is 0 Å². The molecule has 0 N–H and O–H groups in total. The van der Waals surface area contributed by atoms with Crippen molar-refractivity contribution in [3.63, 3.8) is 0 Å². The average Bonchev–Trinajstić information content (AvgIpc) is 3.95. The molecule has 9 aromatic carbocycles. The molecule has 0 atom stereocenters. The predicted molar refractivity (Wildman–Crippen MR) is 282 cm³/mol. The van der Waals surface area contributed by atoms with Crippen molar-refractivity contribution < 1.29 is 0 Å². The highest BCUT2D eigenvalue weighted by molar-refractivity contribution is 7.25. The summed E-state index contributed by atoms with van der Waals surface area (Å²) in [6.07, 6.45) is 6.89. The minimum Gasteiger partial charge on any atom is -0.310 e. The van der Waals surface area contributed by atoms with E-state index >= 15 is 0 Å². The second-order valence-electron chi connectivity index (χ2n) is 20.0. The Bertz CT molecular complexity index is 3730. The molecule has 3 heteroatoms. The first-order valence-corrected chi connectivity index (χ1v) is 25.2. The van der Waals surface area contributed by atoms with Crippen LogP contribution in [0.15, 0.2) is 206 Å². The van der Waals surface area contributed by atoms with Crippen LogP contribution in [0.3, 0.4) is 0 Å². The van der Waals surface area contributed by atoms with E-state index in [1.807, 2.05) is 11.3 Å². The van der Waals surface area contributed by atoms with Crippen LogP contribution in [0.25, 0.3) is 81.0 Å². The molecule has 67 heavy (non-hydrogen) atoms. The van der Waals surface area contributed by atoms with Crippen molar-refractivity contribution in [1.29, 1.82) is 0 Å². The standard InChI is InChI=1S/C64H48N2S/c1-2-13-42(14-3-1)43-25-29-47(30-26-43)65(48-31-27-44(28-32-48)49-15-4-5-16-50(49)51-19-12-24-60-61(51)53-18-7-11-23-59(53)67-60)58-34-33-55-63-62(58)52-17-6-9-21-56(52)66(63)57-22-10-8-20-54(57)64(55)45-36-40-35-41(38-45)39-46(64)37-40/h1-34,40-41,45-46H,35-39H2. The van der Waals surface area contributed by atoms with Crippen LogP contribution in [0.4, 0.5) is 17.1 Å². The minimum atomic E-state index is 0.0298. The highest BCUT2D eigenvalue weighted by Gasteiger charge is 2.61. The zero-order chi connectivity index (χ0) is 43.8. The maximum absolute atomic E-state index is 2.66.